The van der Waals surface area contributed by atoms with Crippen molar-refractivity contribution in [1.29, 1.82) is 0 Å². The van der Waals surface area contributed by atoms with Gasteiger partial charge < -0.3 is 19.4 Å². The number of piperidine rings is 1. The van der Waals surface area contributed by atoms with E-state index in [2.05, 4.69) is 70.4 Å². The second-order valence-electron chi connectivity index (χ2n) is 15.5. The van der Waals surface area contributed by atoms with E-state index in [-0.39, 0.29) is 11.3 Å². The van der Waals surface area contributed by atoms with Gasteiger partial charge in [0, 0.05) is 73.6 Å². The lowest BCUT2D eigenvalue weighted by Gasteiger charge is -2.54. The summed E-state index contributed by atoms with van der Waals surface area (Å²) in [6, 6.07) is 7.28. The molecule has 0 radical (unpaired) electrons. The Morgan fingerprint density at radius 1 is 1.04 bits per heavy atom. The largest absolute Gasteiger partial charge is 0.491 e. The third-order valence-electron chi connectivity index (χ3n) is 12.1. The number of rotatable bonds is 8. The fourth-order valence-electron chi connectivity index (χ4n) is 9.04. The summed E-state index contributed by atoms with van der Waals surface area (Å²) in [6.07, 6.45) is 9.12. The SMILES string of the molecule is C=CC(=O)N1CC2(CCN(c3nc(N4CC(N5CC[C@H](C)C5)C4)nc4c(OCC)c(-c5c(C)ccc6[nH]ncc56)c(C5CC5)cc34)CC2)C1. The van der Waals surface area contributed by atoms with Gasteiger partial charge in [-0.3, -0.25) is 14.8 Å². The number of nitrogens with zero attached hydrogens (tertiary/aromatic N) is 7. The molecular weight excluding hydrogens is 612 g/mol. The molecule has 1 saturated carbocycles. The van der Waals surface area contributed by atoms with E-state index in [9.17, 15) is 4.79 Å². The predicted molar refractivity (Wildman–Crippen MR) is 195 cm³/mol. The molecule has 4 saturated heterocycles. The van der Waals surface area contributed by atoms with Crippen LogP contribution in [0.15, 0.2) is 37.1 Å². The molecule has 0 bridgehead atoms. The zero-order valence-corrected chi connectivity index (χ0v) is 29.2. The third-order valence-corrected chi connectivity index (χ3v) is 12.1. The summed E-state index contributed by atoms with van der Waals surface area (Å²) in [5.74, 6) is 4.01. The molecular formula is C39H48N8O2. The first-order valence-electron chi connectivity index (χ1n) is 18.4. The number of amides is 1. The monoisotopic (exact) mass is 660 g/mol. The Bertz CT molecular complexity index is 1940. The number of ether oxygens (including phenoxy) is 1. The Labute approximate surface area is 288 Å². The molecule has 4 aliphatic heterocycles. The predicted octanol–water partition coefficient (Wildman–Crippen LogP) is 5.90. The molecule has 1 amide bonds. The summed E-state index contributed by atoms with van der Waals surface area (Å²) < 4.78 is 6.74. The Morgan fingerprint density at radius 3 is 2.53 bits per heavy atom. The molecule has 0 unspecified atom stereocenters. The van der Waals surface area contributed by atoms with Gasteiger partial charge in [-0.25, -0.2) is 4.98 Å². The topological polar surface area (TPSA) is 93.7 Å². The van der Waals surface area contributed by atoms with Crippen LogP contribution in [0.1, 0.15) is 63.0 Å². The quantitative estimate of drug-likeness (QED) is 0.234. The molecule has 6 heterocycles. The van der Waals surface area contributed by atoms with Gasteiger partial charge in [0.1, 0.15) is 11.3 Å². The molecule has 1 atom stereocenters. The van der Waals surface area contributed by atoms with Gasteiger partial charge in [-0.2, -0.15) is 10.1 Å². The number of carbonyl (C=O) groups is 1. The third kappa shape index (κ3) is 5.16. The number of likely N-dealkylation sites (tertiary alicyclic amines) is 2. The fraction of sp³-hybridized carbons (Fsp3) is 0.538. The molecule has 1 spiro atoms. The minimum absolute atomic E-state index is 0.0453. The number of fused-ring (bicyclic) bond motifs is 2. The van der Waals surface area contributed by atoms with Crippen molar-refractivity contribution in [2.24, 2.45) is 11.3 Å². The number of carbonyl (C=O) groups excluding carboxylic acids is 1. The molecule has 49 heavy (non-hydrogen) atoms. The average Bonchev–Trinajstić information content (AvgIpc) is 3.66. The van der Waals surface area contributed by atoms with E-state index in [1.165, 1.54) is 60.7 Å². The van der Waals surface area contributed by atoms with Crippen LogP contribution in [0.25, 0.3) is 32.9 Å². The highest BCUT2D eigenvalue weighted by molar-refractivity contribution is 6.06. The molecule has 256 valence electrons. The van der Waals surface area contributed by atoms with Crippen molar-refractivity contribution in [2.75, 3.05) is 68.8 Å². The van der Waals surface area contributed by atoms with Gasteiger partial charge >= 0.3 is 0 Å². The first-order valence-corrected chi connectivity index (χ1v) is 18.4. The second kappa shape index (κ2) is 11.7. The van der Waals surface area contributed by atoms with Crippen LogP contribution in [0.2, 0.25) is 0 Å². The van der Waals surface area contributed by atoms with Gasteiger partial charge in [-0.15, -0.1) is 0 Å². The maximum Gasteiger partial charge on any atom is 0.245 e. The zero-order chi connectivity index (χ0) is 33.4. The minimum atomic E-state index is 0.0453. The number of hydrogen-bond donors (Lipinski definition) is 1. The number of aromatic nitrogens is 4. The maximum absolute atomic E-state index is 12.3. The van der Waals surface area contributed by atoms with E-state index in [0.29, 0.717) is 18.6 Å². The van der Waals surface area contributed by atoms with E-state index in [1.807, 2.05) is 11.1 Å². The number of anilines is 2. The van der Waals surface area contributed by atoms with Crippen molar-refractivity contribution in [3.8, 4) is 16.9 Å². The second-order valence-corrected chi connectivity index (χ2v) is 15.5. The van der Waals surface area contributed by atoms with Crippen LogP contribution in [0, 0.1) is 18.3 Å². The van der Waals surface area contributed by atoms with Crippen LogP contribution < -0.4 is 14.5 Å². The van der Waals surface area contributed by atoms with Crippen LogP contribution in [0.5, 0.6) is 5.75 Å². The van der Waals surface area contributed by atoms with E-state index in [0.717, 1.165) is 97.3 Å². The van der Waals surface area contributed by atoms with E-state index in [1.54, 1.807) is 0 Å². The molecule has 2 aromatic heterocycles. The van der Waals surface area contributed by atoms with Gasteiger partial charge in [0.15, 0.2) is 5.75 Å². The van der Waals surface area contributed by atoms with Crippen LogP contribution >= 0.6 is 0 Å². The number of aryl methyl sites for hydroxylation is 1. The zero-order valence-electron chi connectivity index (χ0n) is 29.2. The highest BCUT2D eigenvalue weighted by atomic mass is 16.5. The molecule has 1 N–H and O–H groups in total. The average molecular weight is 661 g/mol. The van der Waals surface area contributed by atoms with Crippen LogP contribution in [-0.4, -0.2) is 101 Å². The number of benzene rings is 2. The van der Waals surface area contributed by atoms with Crippen LogP contribution in [0.3, 0.4) is 0 Å². The molecule has 10 nitrogen and oxygen atoms in total. The molecule has 5 fully saturated rings. The Kier molecular flexibility index (Phi) is 7.37. The van der Waals surface area contributed by atoms with E-state index in [4.69, 9.17) is 14.7 Å². The lowest BCUT2D eigenvalue weighted by molar-refractivity contribution is -0.139. The molecule has 1 aliphatic carbocycles. The first kappa shape index (κ1) is 30.8. The molecule has 10 heteroatoms. The first-order chi connectivity index (χ1) is 23.8. The van der Waals surface area contributed by atoms with Crippen molar-refractivity contribution >= 4 is 39.5 Å². The number of hydrogen-bond acceptors (Lipinski definition) is 8. The smallest absolute Gasteiger partial charge is 0.245 e. The van der Waals surface area contributed by atoms with Crippen molar-refractivity contribution < 1.29 is 9.53 Å². The lowest BCUT2D eigenvalue weighted by Crippen LogP contribution is -2.61. The summed E-state index contributed by atoms with van der Waals surface area (Å²) in [5.41, 5.74) is 7.04. The van der Waals surface area contributed by atoms with Crippen LogP contribution in [0.4, 0.5) is 11.8 Å². The van der Waals surface area contributed by atoms with Crippen molar-refractivity contribution in [2.45, 2.75) is 64.8 Å². The number of nitrogens with one attached hydrogen (secondary N) is 1. The highest BCUT2D eigenvalue weighted by Gasteiger charge is 2.47. The van der Waals surface area contributed by atoms with Gasteiger partial charge in [-0.05, 0) is 99.2 Å². The minimum Gasteiger partial charge on any atom is -0.491 e. The fourth-order valence-corrected chi connectivity index (χ4v) is 9.04. The van der Waals surface area contributed by atoms with Crippen LogP contribution in [-0.2, 0) is 4.79 Å². The van der Waals surface area contributed by atoms with Crippen molar-refractivity contribution in [3.05, 3.63) is 48.2 Å². The summed E-state index contributed by atoms with van der Waals surface area (Å²) in [5, 5.41) is 9.85. The lowest BCUT2D eigenvalue weighted by atomic mass is 9.72. The van der Waals surface area contributed by atoms with E-state index < -0.39 is 0 Å². The van der Waals surface area contributed by atoms with Gasteiger partial charge in [0.25, 0.3) is 0 Å². The normalized spacial score (nSPS) is 22.6. The molecule has 9 rings (SSSR count). The van der Waals surface area contributed by atoms with Gasteiger partial charge in [0.05, 0.1) is 18.3 Å². The molecule has 2 aromatic carbocycles. The van der Waals surface area contributed by atoms with Gasteiger partial charge in [0.2, 0.25) is 11.9 Å². The Hall–Kier alpha value is -4.18. The van der Waals surface area contributed by atoms with Crippen molar-refractivity contribution in [1.82, 2.24) is 30.0 Å². The summed E-state index contributed by atoms with van der Waals surface area (Å²) >= 11 is 0. The Balaban J connectivity index is 1.16. The molecule has 4 aromatic rings. The highest BCUT2D eigenvalue weighted by Crippen LogP contribution is 2.53. The van der Waals surface area contributed by atoms with Gasteiger partial charge in [-0.1, -0.05) is 19.6 Å². The van der Waals surface area contributed by atoms with Crippen molar-refractivity contribution in [3.63, 3.8) is 0 Å². The number of H-pyrrole nitrogens is 1. The number of aromatic amines is 1. The summed E-state index contributed by atoms with van der Waals surface area (Å²) in [6.45, 7) is 18.7. The molecule has 5 aliphatic rings. The maximum atomic E-state index is 12.3. The Morgan fingerprint density at radius 2 is 1.84 bits per heavy atom. The summed E-state index contributed by atoms with van der Waals surface area (Å²) in [4.78, 5) is 32.6. The van der Waals surface area contributed by atoms with E-state index >= 15 is 0 Å². The summed E-state index contributed by atoms with van der Waals surface area (Å²) in [7, 11) is 0. The standard InChI is InChI=1S/C39H48N8O2/c1-5-32(48)47-22-39(23-47)12-15-44(16-13-39)37-29-17-28(26-8-9-26)34(33-25(4)7-10-31-30(33)18-40-43-31)36(49-6-2)35(29)41-38(42-37)46-20-27(21-46)45-14-11-24(3)19-45/h5,7,10,17-18,24,26-27H,1,6,8-9,11-16,19-23H2,2-4H3,(H,40,43)/t24-/m0/s1.